The summed E-state index contributed by atoms with van der Waals surface area (Å²) in [7, 11) is 0. The zero-order valence-electron chi connectivity index (χ0n) is 11.5. The Balaban J connectivity index is 1.97. The minimum atomic E-state index is -0.255. The van der Waals surface area contributed by atoms with Crippen LogP contribution in [0.5, 0.6) is 0 Å². The van der Waals surface area contributed by atoms with E-state index in [2.05, 4.69) is 36.1 Å². The second kappa shape index (κ2) is 5.00. The van der Waals surface area contributed by atoms with E-state index in [1.165, 1.54) is 16.7 Å². The first kappa shape index (κ1) is 12.7. The van der Waals surface area contributed by atoms with E-state index in [1.807, 2.05) is 24.3 Å². The molecule has 3 nitrogen and oxygen atoms in total. The number of carbonyl (C=O) groups is 1. The number of fused-ring (bicyclic) bond motifs is 1. The number of benzene rings is 2. The van der Waals surface area contributed by atoms with Gasteiger partial charge in [-0.3, -0.25) is 4.79 Å². The summed E-state index contributed by atoms with van der Waals surface area (Å²) in [5.41, 5.74) is 10.4. The van der Waals surface area contributed by atoms with Crippen LogP contribution in [0.25, 0.3) is 0 Å². The number of anilines is 1. The smallest absolute Gasteiger partial charge is 0.240 e. The molecule has 0 aliphatic carbocycles. The van der Waals surface area contributed by atoms with Crippen LogP contribution in [0.2, 0.25) is 0 Å². The minimum absolute atomic E-state index is 0.244. The molecule has 0 saturated heterocycles. The van der Waals surface area contributed by atoms with Crippen LogP contribution in [-0.4, -0.2) is 11.9 Å². The first-order valence-corrected chi connectivity index (χ1v) is 6.85. The molecule has 1 amide bonds. The van der Waals surface area contributed by atoms with Crippen LogP contribution >= 0.6 is 0 Å². The lowest BCUT2D eigenvalue weighted by atomic mass is 10.1. The Morgan fingerprint density at radius 1 is 1.20 bits per heavy atom. The molecule has 1 atom stereocenters. The molecule has 2 aromatic rings. The number of para-hydroxylation sites is 1. The van der Waals surface area contributed by atoms with Crippen molar-refractivity contribution in [2.45, 2.75) is 25.9 Å². The fourth-order valence-corrected chi connectivity index (χ4v) is 2.87. The lowest BCUT2D eigenvalue weighted by Gasteiger charge is -2.26. The maximum absolute atomic E-state index is 11.7. The van der Waals surface area contributed by atoms with Gasteiger partial charge in [0.25, 0.3) is 0 Å². The fourth-order valence-electron chi connectivity index (χ4n) is 2.87. The maximum Gasteiger partial charge on any atom is 0.240 e. The number of nitrogens with zero attached hydrogens (tertiary/aromatic N) is 1. The highest BCUT2D eigenvalue weighted by molar-refractivity contribution is 5.86. The molecule has 2 aromatic carbocycles. The standard InChI is InChI=1S/C17H18N2O/c1-12-6-2-3-8-14(12)11-19-15-9-5-4-7-13(15)10-16(19)17(18)20/h2-9,16H,10-11H2,1H3,(H2,18,20)/t16-/m0/s1. The summed E-state index contributed by atoms with van der Waals surface area (Å²) in [4.78, 5) is 13.9. The quantitative estimate of drug-likeness (QED) is 0.927. The summed E-state index contributed by atoms with van der Waals surface area (Å²) in [6.45, 7) is 2.81. The van der Waals surface area contributed by atoms with Gasteiger partial charge >= 0.3 is 0 Å². The topological polar surface area (TPSA) is 46.3 Å². The van der Waals surface area contributed by atoms with Crippen LogP contribution in [0.4, 0.5) is 5.69 Å². The molecule has 0 fully saturated rings. The van der Waals surface area contributed by atoms with Crippen molar-refractivity contribution in [3.63, 3.8) is 0 Å². The molecule has 0 aromatic heterocycles. The van der Waals surface area contributed by atoms with Gasteiger partial charge in [-0.2, -0.15) is 0 Å². The van der Waals surface area contributed by atoms with Gasteiger partial charge in [0.15, 0.2) is 0 Å². The molecular weight excluding hydrogens is 248 g/mol. The molecule has 1 aliphatic rings. The summed E-state index contributed by atoms with van der Waals surface area (Å²) < 4.78 is 0. The van der Waals surface area contributed by atoms with Crippen LogP contribution in [0.1, 0.15) is 16.7 Å². The van der Waals surface area contributed by atoms with Crippen molar-refractivity contribution in [1.29, 1.82) is 0 Å². The van der Waals surface area contributed by atoms with Crippen LogP contribution in [0, 0.1) is 6.92 Å². The molecule has 2 N–H and O–H groups in total. The summed E-state index contributed by atoms with van der Waals surface area (Å²) in [5, 5.41) is 0. The number of hydrogen-bond acceptors (Lipinski definition) is 2. The summed E-state index contributed by atoms with van der Waals surface area (Å²) in [6, 6.07) is 16.2. The first-order chi connectivity index (χ1) is 9.66. The number of carbonyl (C=O) groups excluding carboxylic acids is 1. The largest absolute Gasteiger partial charge is 0.368 e. The Labute approximate surface area is 119 Å². The highest BCUT2D eigenvalue weighted by Gasteiger charge is 2.32. The maximum atomic E-state index is 11.7. The van der Waals surface area contributed by atoms with Crippen LogP contribution in [0.15, 0.2) is 48.5 Å². The third kappa shape index (κ3) is 2.16. The minimum Gasteiger partial charge on any atom is -0.368 e. The average molecular weight is 266 g/mol. The van der Waals surface area contributed by atoms with Gasteiger partial charge in [-0.1, -0.05) is 42.5 Å². The van der Waals surface area contributed by atoms with Gasteiger partial charge in [0, 0.05) is 18.7 Å². The number of rotatable bonds is 3. The Hall–Kier alpha value is -2.29. The number of aryl methyl sites for hydroxylation is 1. The SMILES string of the molecule is Cc1ccccc1CN1c2ccccc2C[C@H]1C(N)=O. The third-order valence-corrected chi connectivity index (χ3v) is 4.02. The van der Waals surface area contributed by atoms with E-state index in [1.54, 1.807) is 0 Å². The van der Waals surface area contributed by atoms with Gasteiger partial charge in [-0.15, -0.1) is 0 Å². The van der Waals surface area contributed by atoms with Gasteiger partial charge in [0.2, 0.25) is 5.91 Å². The Kier molecular flexibility index (Phi) is 3.18. The van der Waals surface area contributed by atoms with Crippen molar-refractivity contribution in [3.8, 4) is 0 Å². The summed E-state index contributed by atoms with van der Waals surface area (Å²) in [6.07, 6.45) is 0.706. The second-order valence-corrected chi connectivity index (χ2v) is 5.31. The molecule has 102 valence electrons. The molecule has 3 rings (SSSR count). The van der Waals surface area contributed by atoms with Crippen LogP contribution in [0.3, 0.4) is 0 Å². The zero-order chi connectivity index (χ0) is 14.1. The van der Waals surface area contributed by atoms with E-state index in [4.69, 9.17) is 5.73 Å². The van der Waals surface area contributed by atoms with Crippen molar-refractivity contribution < 1.29 is 4.79 Å². The van der Waals surface area contributed by atoms with E-state index < -0.39 is 0 Å². The molecule has 0 bridgehead atoms. The highest BCUT2D eigenvalue weighted by Crippen LogP contribution is 2.33. The van der Waals surface area contributed by atoms with Crippen molar-refractivity contribution in [2.24, 2.45) is 5.73 Å². The van der Waals surface area contributed by atoms with E-state index in [9.17, 15) is 4.79 Å². The van der Waals surface area contributed by atoms with Crippen molar-refractivity contribution in [3.05, 3.63) is 65.2 Å². The monoisotopic (exact) mass is 266 g/mol. The van der Waals surface area contributed by atoms with Gasteiger partial charge in [-0.25, -0.2) is 0 Å². The van der Waals surface area contributed by atoms with E-state index in [-0.39, 0.29) is 11.9 Å². The van der Waals surface area contributed by atoms with Gasteiger partial charge < -0.3 is 10.6 Å². The Bertz CT molecular complexity index is 651. The average Bonchev–Trinajstić information content (AvgIpc) is 2.81. The summed E-state index contributed by atoms with van der Waals surface area (Å²) in [5.74, 6) is -0.255. The van der Waals surface area contributed by atoms with Gasteiger partial charge in [-0.05, 0) is 29.7 Å². The van der Waals surface area contributed by atoms with Crippen LogP contribution < -0.4 is 10.6 Å². The Morgan fingerprint density at radius 2 is 1.90 bits per heavy atom. The normalized spacial score (nSPS) is 17.1. The third-order valence-electron chi connectivity index (χ3n) is 4.02. The van der Waals surface area contributed by atoms with Gasteiger partial charge in [0.1, 0.15) is 6.04 Å². The number of hydrogen-bond donors (Lipinski definition) is 1. The van der Waals surface area contributed by atoms with Crippen molar-refractivity contribution in [1.82, 2.24) is 0 Å². The molecule has 0 unspecified atom stereocenters. The van der Waals surface area contributed by atoms with Crippen molar-refractivity contribution >= 4 is 11.6 Å². The predicted octanol–water partition coefficient (Wildman–Crippen LogP) is 2.41. The molecule has 3 heteroatoms. The first-order valence-electron chi connectivity index (χ1n) is 6.85. The molecule has 0 spiro atoms. The predicted molar refractivity (Wildman–Crippen MR) is 80.5 cm³/mol. The molecule has 1 aliphatic heterocycles. The molecule has 0 saturated carbocycles. The molecule has 1 heterocycles. The molecule has 20 heavy (non-hydrogen) atoms. The molecular formula is C17H18N2O. The lowest BCUT2D eigenvalue weighted by molar-refractivity contribution is -0.119. The van der Waals surface area contributed by atoms with Gasteiger partial charge in [0.05, 0.1) is 0 Å². The van der Waals surface area contributed by atoms with E-state index in [0.717, 1.165) is 12.2 Å². The second-order valence-electron chi connectivity index (χ2n) is 5.31. The Morgan fingerprint density at radius 3 is 2.65 bits per heavy atom. The zero-order valence-corrected chi connectivity index (χ0v) is 11.5. The fraction of sp³-hybridized carbons (Fsp3) is 0.235. The summed E-state index contributed by atoms with van der Waals surface area (Å²) >= 11 is 0. The molecule has 0 radical (unpaired) electrons. The number of nitrogens with two attached hydrogens (primary N) is 1. The van der Waals surface area contributed by atoms with Crippen LogP contribution in [-0.2, 0) is 17.8 Å². The number of primary amides is 1. The van der Waals surface area contributed by atoms with Crippen molar-refractivity contribution in [2.75, 3.05) is 4.90 Å². The lowest BCUT2D eigenvalue weighted by Crippen LogP contribution is -2.42. The highest BCUT2D eigenvalue weighted by atomic mass is 16.1. The van der Waals surface area contributed by atoms with E-state index in [0.29, 0.717) is 6.42 Å². The number of amides is 1. The van der Waals surface area contributed by atoms with E-state index >= 15 is 0 Å².